The lowest BCUT2D eigenvalue weighted by Gasteiger charge is -2.16. The second-order valence-corrected chi connectivity index (χ2v) is 9.48. The highest BCUT2D eigenvalue weighted by molar-refractivity contribution is 8.24. The molecule has 0 saturated carbocycles. The molecule has 1 amide bonds. The van der Waals surface area contributed by atoms with Crippen molar-refractivity contribution in [2.45, 2.75) is 25.2 Å². The summed E-state index contributed by atoms with van der Waals surface area (Å²) in [5.74, 6) is 1.25. The van der Waals surface area contributed by atoms with Crippen molar-refractivity contribution < 1.29 is 19.0 Å². The standard InChI is InChI=1S/C22H23Cl2NO4S2/c1-3-28-19-10-14(11-20-21(26)25(8-9-27-2)22(30)31-20)4-7-18(19)29-13-15-5-6-16(23)12-17(15)24/h4-7,10,12,20H,3,8-9,11,13H2,1-2H3/t20-/m0/s1. The third-order valence-electron chi connectivity index (χ3n) is 4.65. The van der Waals surface area contributed by atoms with Crippen LogP contribution in [0.1, 0.15) is 18.1 Å². The van der Waals surface area contributed by atoms with E-state index in [-0.39, 0.29) is 17.8 Å². The zero-order valence-corrected chi connectivity index (χ0v) is 20.4. The molecule has 2 aromatic carbocycles. The summed E-state index contributed by atoms with van der Waals surface area (Å²) in [4.78, 5) is 14.3. The number of hydrogen-bond acceptors (Lipinski definition) is 6. The SMILES string of the molecule is CCOc1cc(C[C@@H]2SC(=S)N(CCOC)C2=O)ccc1OCc1ccc(Cl)cc1Cl. The molecule has 9 heteroatoms. The number of carbonyl (C=O) groups is 1. The summed E-state index contributed by atoms with van der Waals surface area (Å²) in [6.07, 6.45) is 0.552. The van der Waals surface area contributed by atoms with Gasteiger partial charge >= 0.3 is 0 Å². The molecule has 0 spiro atoms. The first-order valence-corrected chi connectivity index (χ1v) is 11.8. The first kappa shape index (κ1) is 24.1. The maximum absolute atomic E-state index is 12.7. The summed E-state index contributed by atoms with van der Waals surface area (Å²) in [7, 11) is 1.61. The molecule has 1 heterocycles. The second kappa shape index (κ2) is 11.4. The molecule has 0 radical (unpaired) electrons. The van der Waals surface area contributed by atoms with Crippen molar-refractivity contribution in [3.05, 3.63) is 57.6 Å². The van der Waals surface area contributed by atoms with Crippen LogP contribution in [0.5, 0.6) is 11.5 Å². The van der Waals surface area contributed by atoms with E-state index in [1.165, 1.54) is 11.8 Å². The lowest BCUT2D eigenvalue weighted by atomic mass is 10.1. The van der Waals surface area contributed by atoms with Crippen molar-refractivity contribution in [2.75, 3.05) is 26.9 Å². The molecule has 1 aliphatic heterocycles. The normalized spacial score (nSPS) is 16.1. The number of thiocarbonyl (C=S) groups is 1. The molecule has 1 fully saturated rings. The van der Waals surface area contributed by atoms with Gasteiger partial charge in [-0.05, 0) is 43.2 Å². The Labute approximate surface area is 201 Å². The molecular formula is C22H23Cl2NO4S2. The third kappa shape index (κ3) is 6.26. The van der Waals surface area contributed by atoms with E-state index in [0.29, 0.717) is 52.0 Å². The molecule has 0 aromatic heterocycles. The van der Waals surface area contributed by atoms with E-state index < -0.39 is 0 Å². The van der Waals surface area contributed by atoms with E-state index in [2.05, 4.69) is 0 Å². The molecule has 1 aliphatic rings. The van der Waals surface area contributed by atoms with Gasteiger partial charge in [-0.1, -0.05) is 59.3 Å². The number of rotatable bonds is 10. The Kier molecular flexibility index (Phi) is 8.86. The van der Waals surface area contributed by atoms with Gasteiger partial charge in [0.15, 0.2) is 11.5 Å². The summed E-state index contributed by atoms with van der Waals surface area (Å²) >= 11 is 19.0. The van der Waals surface area contributed by atoms with Crippen molar-refractivity contribution in [3.8, 4) is 11.5 Å². The van der Waals surface area contributed by atoms with Crippen LogP contribution in [0, 0.1) is 0 Å². The van der Waals surface area contributed by atoms with E-state index in [4.69, 9.17) is 49.6 Å². The van der Waals surface area contributed by atoms with Gasteiger partial charge in [-0.2, -0.15) is 0 Å². The Morgan fingerprint density at radius 1 is 1.13 bits per heavy atom. The minimum absolute atomic E-state index is 0.0164. The zero-order valence-electron chi connectivity index (χ0n) is 17.2. The largest absolute Gasteiger partial charge is 0.490 e. The Morgan fingerprint density at radius 3 is 2.65 bits per heavy atom. The van der Waals surface area contributed by atoms with Crippen molar-refractivity contribution in [1.29, 1.82) is 0 Å². The summed E-state index contributed by atoms with van der Waals surface area (Å²) in [6, 6.07) is 11.0. The lowest BCUT2D eigenvalue weighted by Crippen LogP contribution is -2.34. The fraction of sp³-hybridized carbons (Fsp3) is 0.364. The van der Waals surface area contributed by atoms with E-state index in [1.807, 2.05) is 31.2 Å². The van der Waals surface area contributed by atoms with Gasteiger partial charge in [-0.25, -0.2) is 0 Å². The molecule has 0 N–H and O–H groups in total. The van der Waals surface area contributed by atoms with Gasteiger partial charge in [-0.3, -0.25) is 9.69 Å². The third-order valence-corrected chi connectivity index (χ3v) is 6.82. The molecule has 0 unspecified atom stereocenters. The van der Waals surface area contributed by atoms with Crippen molar-refractivity contribution in [1.82, 2.24) is 4.90 Å². The van der Waals surface area contributed by atoms with Gasteiger partial charge in [0.25, 0.3) is 0 Å². The molecule has 0 aliphatic carbocycles. The van der Waals surface area contributed by atoms with Gasteiger partial charge in [0.2, 0.25) is 5.91 Å². The van der Waals surface area contributed by atoms with E-state index in [1.54, 1.807) is 24.1 Å². The molecule has 5 nitrogen and oxygen atoms in total. The predicted octanol–water partition coefficient (Wildman–Crippen LogP) is 5.39. The number of benzene rings is 2. The van der Waals surface area contributed by atoms with Crippen LogP contribution in [0.2, 0.25) is 10.0 Å². The number of halogens is 2. The van der Waals surface area contributed by atoms with Gasteiger partial charge in [-0.15, -0.1) is 0 Å². The highest BCUT2D eigenvalue weighted by atomic mass is 35.5. The highest BCUT2D eigenvalue weighted by Crippen LogP contribution is 2.34. The highest BCUT2D eigenvalue weighted by Gasteiger charge is 2.36. The van der Waals surface area contributed by atoms with Gasteiger partial charge in [0.05, 0.1) is 25.0 Å². The average Bonchev–Trinajstić information content (AvgIpc) is 2.99. The second-order valence-electron chi connectivity index (χ2n) is 6.80. The number of amides is 1. The van der Waals surface area contributed by atoms with Crippen LogP contribution in [0.25, 0.3) is 0 Å². The van der Waals surface area contributed by atoms with Crippen LogP contribution < -0.4 is 9.47 Å². The van der Waals surface area contributed by atoms with E-state index >= 15 is 0 Å². The molecule has 31 heavy (non-hydrogen) atoms. The molecule has 1 atom stereocenters. The zero-order chi connectivity index (χ0) is 22.4. The van der Waals surface area contributed by atoms with Crippen molar-refractivity contribution in [3.63, 3.8) is 0 Å². The summed E-state index contributed by atoms with van der Waals surface area (Å²) in [5, 5.41) is 0.874. The molecule has 0 bridgehead atoms. The number of hydrogen-bond donors (Lipinski definition) is 0. The Bertz CT molecular complexity index is 957. The van der Waals surface area contributed by atoms with Crippen LogP contribution >= 0.6 is 47.2 Å². The fourth-order valence-electron chi connectivity index (χ4n) is 3.09. The van der Waals surface area contributed by atoms with Crippen molar-refractivity contribution >= 4 is 57.4 Å². The minimum Gasteiger partial charge on any atom is -0.490 e. The van der Waals surface area contributed by atoms with Crippen LogP contribution in [-0.2, 0) is 22.6 Å². The van der Waals surface area contributed by atoms with Crippen molar-refractivity contribution in [2.24, 2.45) is 0 Å². The maximum atomic E-state index is 12.7. The predicted molar refractivity (Wildman–Crippen MR) is 130 cm³/mol. The number of carbonyl (C=O) groups excluding carboxylic acids is 1. The van der Waals surface area contributed by atoms with Crippen LogP contribution in [0.15, 0.2) is 36.4 Å². The van der Waals surface area contributed by atoms with E-state index in [9.17, 15) is 4.79 Å². The average molecular weight is 500 g/mol. The smallest absolute Gasteiger partial charge is 0.242 e. The van der Waals surface area contributed by atoms with E-state index in [0.717, 1.165) is 11.1 Å². The van der Waals surface area contributed by atoms with Gasteiger partial charge < -0.3 is 14.2 Å². The van der Waals surface area contributed by atoms with Crippen LogP contribution in [0.3, 0.4) is 0 Å². The molecule has 2 aromatic rings. The minimum atomic E-state index is -0.251. The summed E-state index contributed by atoms with van der Waals surface area (Å²) in [6.45, 7) is 3.62. The van der Waals surface area contributed by atoms with Gasteiger partial charge in [0.1, 0.15) is 10.9 Å². The number of methoxy groups -OCH3 is 1. The van der Waals surface area contributed by atoms with Gasteiger partial charge in [0, 0.05) is 22.7 Å². The Balaban J connectivity index is 1.70. The molecular weight excluding hydrogens is 477 g/mol. The summed E-state index contributed by atoms with van der Waals surface area (Å²) in [5.41, 5.74) is 1.80. The first-order chi connectivity index (χ1) is 14.9. The number of ether oxygens (including phenoxy) is 3. The quantitative estimate of drug-likeness (QED) is 0.408. The fourth-order valence-corrected chi connectivity index (χ4v) is 5.14. The Morgan fingerprint density at radius 2 is 1.94 bits per heavy atom. The summed E-state index contributed by atoms with van der Waals surface area (Å²) < 4.78 is 17.4. The topological polar surface area (TPSA) is 48.0 Å². The first-order valence-electron chi connectivity index (χ1n) is 9.76. The Hall–Kier alpha value is -1.51. The van der Waals surface area contributed by atoms with Crippen LogP contribution in [0.4, 0.5) is 0 Å². The number of nitrogens with zero attached hydrogens (tertiary/aromatic N) is 1. The molecule has 3 rings (SSSR count). The maximum Gasteiger partial charge on any atom is 0.242 e. The number of thioether (sulfide) groups is 1. The van der Waals surface area contributed by atoms with Crippen LogP contribution in [-0.4, -0.2) is 47.2 Å². The molecule has 1 saturated heterocycles. The molecule has 166 valence electrons. The monoisotopic (exact) mass is 499 g/mol. The lowest BCUT2D eigenvalue weighted by molar-refractivity contribution is -0.126.